The maximum atomic E-state index is 5.79. The van der Waals surface area contributed by atoms with Crippen LogP contribution in [0, 0.1) is 0 Å². The first-order valence-electron chi connectivity index (χ1n) is 11.3. The summed E-state index contributed by atoms with van der Waals surface area (Å²) < 4.78 is 10.9. The van der Waals surface area contributed by atoms with Gasteiger partial charge in [0.15, 0.2) is 5.96 Å². The lowest BCUT2D eigenvalue weighted by Crippen LogP contribution is -2.44. The summed E-state index contributed by atoms with van der Waals surface area (Å²) in [6.07, 6.45) is 2.79. The normalized spacial score (nSPS) is 15.0. The Labute approximate surface area is 191 Å². The number of aromatic nitrogens is 1. The third kappa shape index (κ3) is 7.69. The van der Waals surface area contributed by atoms with E-state index >= 15 is 0 Å². The molecule has 8 heteroatoms. The minimum absolute atomic E-state index is 0.554. The first-order chi connectivity index (χ1) is 15.7. The molecule has 0 amide bonds. The van der Waals surface area contributed by atoms with Crippen LogP contribution < -0.4 is 20.3 Å². The Balaban J connectivity index is 1.56. The summed E-state index contributed by atoms with van der Waals surface area (Å²) in [5, 5.41) is 6.66. The highest BCUT2D eigenvalue weighted by Crippen LogP contribution is 2.18. The molecule has 2 heterocycles. The summed E-state index contributed by atoms with van der Waals surface area (Å²) in [6.45, 7) is 8.89. The maximum absolute atomic E-state index is 5.79. The van der Waals surface area contributed by atoms with Gasteiger partial charge >= 0.3 is 0 Å². The van der Waals surface area contributed by atoms with Crippen LogP contribution in [0.25, 0.3) is 0 Å². The van der Waals surface area contributed by atoms with Crippen LogP contribution in [0.5, 0.6) is 5.75 Å². The van der Waals surface area contributed by atoms with Crippen LogP contribution in [0.15, 0.2) is 47.6 Å². The van der Waals surface area contributed by atoms with Gasteiger partial charge in [-0.2, -0.15) is 0 Å². The maximum Gasteiger partial charge on any atom is 0.196 e. The molecule has 0 unspecified atom stereocenters. The molecule has 8 nitrogen and oxygen atoms in total. The molecule has 2 N–H and O–H groups in total. The zero-order valence-electron chi connectivity index (χ0n) is 19.5. The van der Waals surface area contributed by atoms with E-state index in [1.807, 2.05) is 30.5 Å². The highest BCUT2D eigenvalue weighted by atomic mass is 16.5. The molecule has 0 saturated carbocycles. The fourth-order valence-corrected chi connectivity index (χ4v) is 3.40. The second-order valence-electron chi connectivity index (χ2n) is 7.86. The molecular weight excluding hydrogens is 404 g/mol. The topological polar surface area (TPSA) is 74.3 Å². The first kappa shape index (κ1) is 23.8. The number of hydrogen-bond donors (Lipinski definition) is 2. The van der Waals surface area contributed by atoms with E-state index in [1.54, 1.807) is 7.11 Å². The zero-order chi connectivity index (χ0) is 22.6. The number of pyridine rings is 1. The third-order valence-corrected chi connectivity index (χ3v) is 5.26. The molecule has 0 atom stereocenters. The van der Waals surface area contributed by atoms with Gasteiger partial charge in [0.1, 0.15) is 11.6 Å². The number of likely N-dealkylation sites (N-methyl/N-ethyl adjacent to an activating group) is 1. The molecule has 1 aromatic carbocycles. The van der Waals surface area contributed by atoms with E-state index in [0.717, 1.165) is 67.9 Å². The lowest BCUT2D eigenvalue weighted by Gasteiger charge is -2.33. The Morgan fingerprint density at radius 1 is 1.12 bits per heavy atom. The van der Waals surface area contributed by atoms with Gasteiger partial charge < -0.3 is 29.9 Å². The number of rotatable bonds is 10. The quantitative estimate of drug-likeness (QED) is 0.334. The van der Waals surface area contributed by atoms with Crippen molar-refractivity contribution in [1.29, 1.82) is 0 Å². The van der Waals surface area contributed by atoms with Crippen molar-refractivity contribution in [2.24, 2.45) is 4.99 Å². The smallest absolute Gasteiger partial charge is 0.196 e. The fourth-order valence-electron chi connectivity index (χ4n) is 3.40. The van der Waals surface area contributed by atoms with Crippen LogP contribution in [-0.4, -0.2) is 75.9 Å². The van der Waals surface area contributed by atoms with Crippen LogP contribution in [0.2, 0.25) is 0 Å². The number of anilines is 2. The number of nitrogens with one attached hydrogen (secondary N) is 2. The zero-order valence-corrected chi connectivity index (χ0v) is 19.5. The minimum atomic E-state index is 0.554. The number of piperazine rings is 1. The van der Waals surface area contributed by atoms with Crippen LogP contribution in [0.1, 0.15) is 18.9 Å². The molecule has 3 rings (SSSR count). The van der Waals surface area contributed by atoms with Gasteiger partial charge in [0.2, 0.25) is 0 Å². The molecular formula is C24H36N6O2. The van der Waals surface area contributed by atoms with Gasteiger partial charge in [0.25, 0.3) is 0 Å². The highest BCUT2D eigenvalue weighted by molar-refractivity contribution is 5.93. The summed E-state index contributed by atoms with van der Waals surface area (Å²) in [5.41, 5.74) is 2.01. The predicted octanol–water partition coefficient (Wildman–Crippen LogP) is 2.83. The number of benzene rings is 1. The van der Waals surface area contributed by atoms with Gasteiger partial charge in [-0.05, 0) is 37.7 Å². The van der Waals surface area contributed by atoms with E-state index in [0.29, 0.717) is 19.8 Å². The van der Waals surface area contributed by atoms with Gasteiger partial charge in [-0.25, -0.2) is 9.98 Å². The van der Waals surface area contributed by atoms with Gasteiger partial charge in [-0.15, -0.1) is 0 Å². The van der Waals surface area contributed by atoms with Gasteiger partial charge in [-0.1, -0.05) is 12.1 Å². The van der Waals surface area contributed by atoms with E-state index in [-0.39, 0.29) is 0 Å². The second-order valence-corrected chi connectivity index (χ2v) is 7.86. The molecule has 0 spiro atoms. The molecule has 2 aromatic rings. The summed E-state index contributed by atoms with van der Waals surface area (Å²) in [6, 6.07) is 12.1. The molecule has 32 heavy (non-hydrogen) atoms. The van der Waals surface area contributed by atoms with Crippen molar-refractivity contribution in [3.63, 3.8) is 0 Å². The minimum Gasteiger partial charge on any atom is -0.493 e. The van der Waals surface area contributed by atoms with Crippen molar-refractivity contribution < 1.29 is 9.47 Å². The molecule has 174 valence electrons. The van der Waals surface area contributed by atoms with Crippen LogP contribution >= 0.6 is 0 Å². The van der Waals surface area contributed by atoms with E-state index in [1.165, 1.54) is 0 Å². The Morgan fingerprint density at radius 2 is 1.97 bits per heavy atom. The Morgan fingerprint density at radius 3 is 2.69 bits per heavy atom. The van der Waals surface area contributed by atoms with Crippen molar-refractivity contribution in [2.45, 2.75) is 19.9 Å². The van der Waals surface area contributed by atoms with Crippen LogP contribution in [0.4, 0.5) is 11.5 Å². The van der Waals surface area contributed by atoms with Crippen LogP contribution in [-0.2, 0) is 11.3 Å². The van der Waals surface area contributed by atoms with E-state index in [9.17, 15) is 0 Å². The number of guanidine groups is 1. The lowest BCUT2D eigenvalue weighted by atomic mass is 10.2. The second kappa shape index (κ2) is 12.9. The van der Waals surface area contributed by atoms with E-state index < -0.39 is 0 Å². The van der Waals surface area contributed by atoms with Crippen molar-refractivity contribution in [1.82, 2.24) is 15.2 Å². The lowest BCUT2D eigenvalue weighted by molar-refractivity contribution is 0.172. The molecule has 0 bridgehead atoms. The Kier molecular flexibility index (Phi) is 9.59. The van der Waals surface area contributed by atoms with Crippen molar-refractivity contribution in [2.75, 3.05) is 70.3 Å². The van der Waals surface area contributed by atoms with Gasteiger partial charge in [0, 0.05) is 70.8 Å². The SMILES string of the molecule is CCNC(=NCc1ccc(N2CCN(C)CC2)nc1)Nc1cccc(OCCCOC)c1. The highest BCUT2D eigenvalue weighted by Gasteiger charge is 2.14. The van der Waals surface area contributed by atoms with E-state index in [4.69, 9.17) is 14.5 Å². The number of nitrogens with zero attached hydrogens (tertiary/aromatic N) is 4. The van der Waals surface area contributed by atoms with Crippen LogP contribution in [0.3, 0.4) is 0 Å². The van der Waals surface area contributed by atoms with Gasteiger partial charge in [-0.3, -0.25) is 0 Å². The Bertz CT molecular complexity index is 835. The summed E-state index contributed by atoms with van der Waals surface area (Å²) in [5.74, 6) is 2.59. The molecule has 0 aliphatic carbocycles. The van der Waals surface area contributed by atoms with E-state index in [2.05, 4.69) is 51.5 Å². The van der Waals surface area contributed by atoms with Gasteiger partial charge in [0.05, 0.1) is 13.2 Å². The average molecular weight is 441 g/mol. The number of ether oxygens (including phenoxy) is 2. The largest absolute Gasteiger partial charge is 0.493 e. The summed E-state index contributed by atoms with van der Waals surface area (Å²) >= 11 is 0. The number of methoxy groups -OCH3 is 1. The molecule has 1 aliphatic rings. The summed E-state index contributed by atoms with van der Waals surface area (Å²) in [4.78, 5) is 14.1. The van der Waals surface area contributed by atoms with Crippen molar-refractivity contribution >= 4 is 17.5 Å². The molecule has 0 radical (unpaired) electrons. The Hall–Kier alpha value is -2.84. The fraction of sp³-hybridized carbons (Fsp3) is 0.500. The summed E-state index contributed by atoms with van der Waals surface area (Å²) in [7, 11) is 3.86. The van der Waals surface area contributed by atoms with Crippen molar-refractivity contribution in [3.8, 4) is 5.75 Å². The van der Waals surface area contributed by atoms with Crippen molar-refractivity contribution in [3.05, 3.63) is 48.2 Å². The molecule has 1 aromatic heterocycles. The molecule has 1 saturated heterocycles. The molecule has 1 aliphatic heterocycles. The first-order valence-corrected chi connectivity index (χ1v) is 11.3. The average Bonchev–Trinajstić information content (AvgIpc) is 2.82. The third-order valence-electron chi connectivity index (χ3n) is 5.26. The number of aliphatic imine (C=N–C) groups is 1. The monoisotopic (exact) mass is 440 g/mol. The number of hydrogen-bond acceptors (Lipinski definition) is 6. The standard InChI is InChI=1S/C24H36N6O2/c1-4-25-24(28-21-7-5-8-22(17-21)32-16-6-15-31-3)27-19-20-9-10-23(26-18-20)30-13-11-29(2)12-14-30/h5,7-10,17-18H,4,6,11-16,19H2,1-3H3,(H2,25,27,28). The predicted molar refractivity (Wildman–Crippen MR) is 131 cm³/mol. The molecule has 1 fully saturated rings.